The Labute approximate surface area is 219 Å². The molecule has 2 amide bonds. The molecular formula is C31H36N4O2. The van der Waals surface area contributed by atoms with Crippen molar-refractivity contribution in [1.82, 2.24) is 14.8 Å². The number of piperidine rings is 1. The van der Waals surface area contributed by atoms with Crippen molar-refractivity contribution in [3.05, 3.63) is 72.6 Å². The van der Waals surface area contributed by atoms with Gasteiger partial charge < -0.3 is 10.2 Å². The zero-order valence-corrected chi connectivity index (χ0v) is 21.4. The van der Waals surface area contributed by atoms with E-state index in [1.165, 1.54) is 5.56 Å². The summed E-state index contributed by atoms with van der Waals surface area (Å²) < 4.78 is 0. The van der Waals surface area contributed by atoms with Crippen LogP contribution in [0.25, 0.3) is 10.8 Å². The van der Waals surface area contributed by atoms with Crippen molar-refractivity contribution in [3.8, 4) is 0 Å². The lowest BCUT2D eigenvalue weighted by atomic mass is 9.73. The Morgan fingerprint density at radius 2 is 1.81 bits per heavy atom. The van der Waals surface area contributed by atoms with Gasteiger partial charge in [-0.15, -0.1) is 0 Å². The van der Waals surface area contributed by atoms with Crippen LogP contribution in [0.4, 0.5) is 5.69 Å². The number of carbonyl (C=O) groups excluding carboxylic acids is 2. The highest BCUT2D eigenvalue weighted by atomic mass is 16.2. The van der Waals surface area contributed by atoms with Crippen molar-refractivity contribution in [1.29, 1.82) is 0 Å². The first kappa shape index (κ1) is 24.1. The molecule has 6 heteroatoms. The topological polar surface area (TPSA) is 65.5 Å². The predicted molar refractivity (Wildman–Crippen MR) is 146 cm³/mol. The minimum absolute atomic E-state index is 0.0449. The molecule has 2 unspecified atom stereocenters. The maximum Gasteiger partial charge on any atom is 0.239 e. The molecule has 0 radical (unpaired) electrons. The van der Waals surface area contributed by atoms with Crippen LogP contribution in [0.15, 0.2) is 67.0 Å². The van der Waals surface area contributed by atoms with Crippen molar-refractivity contribution in [3.63, 3.8) is 0 Å². The second-order valence-electron chi connectivity index (χ2n) is 11.1. The molecule has 4 atom stereocenters. The number of likely N-dealkylation sites (tertiary alicyclic amines) is 2. The quantitative estimate of drug-likeness (QED) is 0.534. The van der Waals surface area contributed by atoms with Crippen LogP contribution in [0, 0.1) is 17.8 Å². The summed E-state index contributed by atoms with van der Waals surface area (Å²) in [5, 5.41) is 5.32. The first-order valence-electron chi connectivity index (χ1n) is 13.9. The van der Waals surface area contributed by atoms with Gasteiger partial charge in [0.1, 0.15) is 0 Å². The van der Waals surface area contributed by atoms with Gasteiger partial charge in [-0.25, -0.2) is 0 Å². The van der Waals surface area contributed by atoms with E-state index in [1.807, 2.05) is 36.5 Å². The number of nitrogens with one attached hydrogen (secondary N) is 1. The Hall–Kier alpha value is -3.25. The molecule has 6 nitrogen and oxygen atoms in total. The maximum absolute atomic E-state index is 13.8. The highest BCUT2D eigenvalue weighted by Crippen LogP contribution is 2.41. The van der Waals surface area contributed by atoms with Gasteiger partial charge in [-0.05, 0) is 73.2 Å². The van der Waals surface area contributed by atoms with Crippen molar-refractivity contribution in [2.24, 2.45) is 17.8 Å². The zero-order valence-electron chi connectivity index (χ0n) is 21.4. The largest absolute Gasteiger partial charge is 0.341 e. The minimum Gasteiger partial charge on any atom is -0.341 e. The fraction of sp³-hybridized carbons (Fsp3) is 0.452. The van der Waals surface area contributed by atoms with E-state index in [2.05, 4.69) is 44.4 Å². The SMILES string of the molecule is O=C(Nc1ccc2cnccc2c1)[C@H]1CCCC2CN(C(=O)[C@H]3CCCCN3Cc3ccccc3)CC21. The van der Waals surface area contributed by atoms with Crippen LogP contribution in [0.3, 0.4) is 0 Å². The van der Waals surface area contributed by atoms with Crippen LogP contribution >= 0.6 is 0 Å². The Morgan fingerprint density at radius 1 is 0.919 bits per heavy atom. The number of nitrogens with zero attached hydrogens (tertiary/aromatic N) is 3. The van der Waals surface area contributed by atoms with E-state index in [4.69, 9.17) is 0 Å². The van der Waals surface area contributed by atoms with Crippen LogP contribution in [0.5, 0.6) is 0 Å². The Bertz CT molecular complexity index is 1260. The molecular weight excluding hydrogens is 460 g/mol. The van der Waals surface area contributed by atoms with Crippen molar-refractivity contribution in [2.75, 3.05) is 25.0 Å². The summed E-state index contributed by atoms with van der Waals surface area (Å²) in [4.78, 5) is 35.9. The molecule has 2 aromatic carbocycles. The molecule has 0 spiro atoms. The number of aromatic nitrogens is 1. The molecule has 37 heavy (non-hydrogen) atoms. The lowest BCUT2D eigenvalue weighted by Crippen LogP contribution is -2.50. The fourth-order valence-electron chi connectivity index (χ4n) is 6.86. The van der Waals surface area contributed by atoms with Gasteiger partial charge in [-0.1, -0.05) is 49.2 Å². The van der Waals surface area contributed by atoms with Gasteiger partial charge in [0.05, 0.1) is 6.04 Å². The van der Waals surface area contributed by atoms with E-state index in [-0.39, 0.29) is 29.7 Å². The Balaban J connectivity index is 1.13. The molecule has 3 aliphatic rings. The first-order valence-corrected chi connectivity index (χ1v) is 13.9. The fourth-order valence-corrected chi connectivity index (χ4v) is 6.86. The van der Waals surface area contributed by atoms with Crippen LogP contribution in [-0.2, 0) is 16.1 Å². The molecule has 1 aromatic heterocycles. The van der Waals surface area contributed by atoms with Crippen molar-refractivity contribution < 1.29 is 9.59 Å². The number of benzene rings is 2. The first-order chi connectivity index (χ1) is 18.2. The highest BCUT2D eigenvalue weighted by Gasteiger charge is 2.46. The number of anilines is 1. The van der Waals surface area contributed by atoms with Gasteiger partial charge in [0, 0.05) is 49.0 Å². The number of fused-ring (bicyclic) bond motifs is 2. The smallest absolute Gasteiger partial charge is 0.239 e. The normalized spacial score (nSPS) is 26.1. The minimum atomic E-state index is -0.0477. The van der Waals surface area contributed by atoms with E-state index in [0.29, 0.717) is 12.5 Å². The number of hydrogen-bond donors (Lipinski definition) is 1. The average Bonchev–Trinajstić information content (AvgIpc) is 3.38. The van der Waals surface area contributed by atoms with E-state index in [0.717, 1.165) is 74.6 Å². The summed E-state index contributed by atoms with van der Waals surface area (Å²) in [6.45, 7) is 3.30. The third kappa shape index (κ3) is 5.12. The molecule has 1 aliphatic carbocycles. The van der Waals surface area contributed by atoms with E-state index in [9.17, 15) is 9.59 Å². The number of carbonyl (C=O) groups is 2. The van der Waals surface area contributed by atoms with Crippen molar-refractivity contribution >= 4 is 28.3 Å². The molecule has 192 valence electrons. The third-order valence-electron chi connectivity index (χ3n) is 8.78. The molecule has 3 heterocycles. The van der Waals surface area contributed by atoms with Crippen LogP contribution < -0.4 is 5.32 Å². The summed E-state index contributed by atoms with van der Waals surface area (Å²) in [6.07, 6.45) is 9.86. The number of amides is 2. The van der Waals surface area contributed by atoms with Gasteiger partial charge >= 0.3 is 0 Å². The van der Waals surface area contributed by atoms with Crippen LogP contribution in [-0.4, -0.2) is 52.3 Å². The monoisotopic (exact) mass is 496 g/mol. The van der Waals surface area contributed by atoms with E-state index < -0.39 is 0 Å². The molecule has 3 fully saturated rings. The lowest BCUT2D eigenvalue weighted by Gasteiger charge is -2.37. The summed E-state index contributed by atoms with van der Waals surface area (Å²) >= 11 is 0. The molecule has 1 N–H and O–H groups in total. The molecule has 6 rings (SSSR count). The lowest BCUT2D eigenvalue weighted by molar-refractivity contribution is -0.138. The third-order valence-corrected chi connectivity index (χ3v) is 8.78. The average molecular weight is 497 g/mol. The maximum atomic E-state index is 13.8. The van der Waals surface area contributed by atoms with Crippen LogP contribution in [0.2, 0.25) is 0 Å². The molecule has 0 bridgehead atoms. The standard InChI is InChI=1S/C31H36N4O2/c36-30(33-26-13-12-24-18-32-15-14-23(24)17-26)27-10-6-9-25-20-35(21-28(25)27)31(37)29-11-4-5-16-34(29)19-22-7-2-1-3-8-22/h1-3,7-8,12-15,17-18,25,27-29H,4-6,9-11,16,19-21H2,(H,33,36)/t25?,27-,28?,29+/m0/s1. The van der Waals surface area contributed by atoms with E-state index in [1.54, 1.807) is 6.20 Å². The van der Waals surface area contributed by atoms with Gasteiger partial charge in [0.25, 0.3) is 0 Å². The van der Waals surface area contributed by atoms with Gasteiger partial charge in [-0.3, -0.25) is 19.5 Å². The molecule has 2 aliphatic heterocycles. The molecule has 3 aromatic rings. The second kappa shape index (κ2) is 10.6. The van der Waals surface area contributed by atoms with Gasteiger partial charge in [0.2, 0.25) is 11.8 Å². The highest BCUT2D eigenvalue weighted by molar-refractivity contribution is 5.95. The Kier molecular flexibility index (Phi) is 6.92. The summed E-state index contributed by atoms with van der Waals surface area (Å²) in [7, 11) is 0. The number of rotatable bonds is 5. The molecule has 2 saturated heterocycles. The van der Waals surface area contributed by atoms with Gasteiger partial charge in [0.15, 0.2) is 0 Å². The zero-order chi connectivity index (χ0) is 25.2. The van der Waals surface area contributed by atoms with E-state index >= 15 is 0 Å². The molecule has 1 saturated carbocycles. The van der Waals surface area contributed by atoms with Crippen molar-refractivity contribution in [2.45, 2.75) is 51.1 Å². The predicted octanol–water partition coefficient (Wildman–Crippen LogP) is 5.10. The second-order valence-corrected chi connectivity index (χ2v) is 11.1. The Morgan fingerprint density at radius 3 is 2.70 bits per heavy atom. The summed E-state index contributed by atoms with van der Waals surface area (Å²) in [6, 6.07) is 18.4. The summed E-state index contributed by atoms with van der Waals surface area (Å²) in [5.74, 6) is 0.986. The van der Waals surface area contributed by atoms with Crippen LogP contribution in [0.1, 0.15) is 44.1 Å². The number of pyridine rings is 1. The summed E-state index contributed by atoms with van der Waals surface area (Å²) in [5.41, 5.74) is 2.09. The van der Waals surface area contributed by atoms with Gasteiger partial charge in [-0.2, -0.15) is 0 Å². The number of hydrogen-bond acceptors (Lipinski definition) is 4.